The molecule has 2 aromatic carbocycles. The lowest BCUT2D eigenvalue weighted by Gasteiger charge is -2.46. The molecule has 0 radical (unpaired) electrons. The van der Waals surface area contributed by atoms with Crippen molar-refractivity contribution >= 4 is 17.5 Å². The number of fused-ring (bicyclic) bond motifs is 2. The molecule has 0 aromatic heterocycles. The molecule has 4 rings (SSSR count). The van der Waals surface area contributed by atoms with Gasteiger partial charge < -0.3 is 24.6 Å². The summed E-state index contributed by atoms with van der Waals surface area (Å²) in [6, 6.07) is 10.8. The Balaban J connectivity index is 1.52. The number of benzene rings is 2. The molecule has 2 amide bonds. The molecular weight excluding hydrogens is 382 g/mol. The van der Waals surface area contributed by atoms with Crippen LogP contribution >= 0.6 is 0 Å². The molecule has 1 fully saturated rings. The summed E-state index contributed by atoms with van der Waals surface area (Å²) in [5.74, 6) is 1.22. The Bertz CT molecular complexity index is 975. The van der Waals surface area contributed by atoms with Gasteiger partial charge >= 0.3 is 0 Å². The van der Waals surface area contributed by atoms with E-state index in [-0.39, 0.29) is 18.0 Å². The maximum absolute atomic E-state index is 12.9. The predicted octanol–water partition coefficient (Wildman–Crippen LogP) is 3.04. The Labute approximate surface area is 176 Å². The number of piperidine rings is 1. The van der Waals surface area contributed by atoms with E-state index in [1.54, 1.807) is 32.4 Å². The Hall–Kier alpha value is -3.22. The van der Waals surface area contributed by atoms with Crippen LogP contribution < -0.4 is 19.7 Å². The van der Waals surface area contributed by atoms with Crippen LogP contribution in [0.3, 0.4) is 0 Å². The van der Waals surface area contributed by atoms with Crippen LogP contribution in [0, 0.1) is 0 Å². The highest BCUT2D eigenvalue weighted by molar-refractivity contribution is 6.04. The second-order valence-corrected chi connectivity index (χ2v) is 7.68. The number of amides is 2. The molecule has 7 heteroatoms. The smallest absolute Gasteiger partial charge is 0.257 e. The first-order valence-corrected chi connectivity index (χ1v) is 10.2. The van der Waals surface area contributed by atoms with Crippen molar-refractivity contribution < 1.29 is 19.1 Å². The second kappa shape index (κ2) is 8.26. The zero-order valence-corrected chi connectivity index (χ0v) is 17.6. The normalized spacial score (nSPS) is 17.8. The van der Waals surface area contributed by atoms with Crippen molar-refractivity contribution in [2.45, 2.75) is 32.0 Å². The van der Waals surface area contributed by atoms with Crippen LogP contribution in [0.25, 0.3) is 0 Å². The van der Waals surface area contributed by atoms with Gasteiger partial charge in [0.1, 0.15) is 17.7 Å². The lowest BCUT2D eigenvalue weighted by Crippen LogP contribution is -2.55. The van der Waals surface area contributed by atoms with Gasteiger partial charge in [-0.25, -0.2) is 0 Å². The summed E-state index contributed by atoms with van der Waals surface area (Å²) in [4.78, 5) is 29.8. The second-order valence-electron chi connectivity index (χ2n) is 7.68. The molecule has 2 aliphatic heterocycles. The van der Waals surface area contributed by atoms with Gasteiger partial charge in [-0.1, -0.05) is 0 Å². The standard InChI is InChI=1S/C23H27N3O4/c1-25-19-12-15(8-10-18(19)23(28)26-11-5-4-6-21(25)26)22(27)24-14-16-7-9-17(29-2)13-20(16)30-3/h7-10,12-13,21H,4-6,11,14H2,1-3H3,(H,24,27)/t21-/m1/s1. The van der Waals surface area contributed by atoms with Gasteiger partial charge in [0.15, 0.2) is 0 Å². The topological polar surface area (TPSA) is 71.1 Å². The van der Waals surface area contributed by atoms with Gasteiger partial charge in [0.25, 0.3) is 11.8 Å². The van der Waals surface area contributed by atoms with E-state index >= 15 is 0 Å². The summed E-state index contributed by atoms with van der Waals surface area (Å²) >= 11 is 0. The number of nitrogens with one attached hydrogen (secondary N) is 1. The quantitative estimate of drug-likeness (QED) is 0.822. The predicted molar refractivity (Wildman–Crippen MR) is 114 cm³/mol. The van der Waals surface area contributed by atoms with Crippen LogP contribution in [0.5, 0.6) is 11.5 Å². The van der Waals surface area contributed by atoms with Crippen molar-refractivity contribution in [1.29, 1.82) is 0 Å². The summed E-state index contributed by atoms with van der Waals surface area (Å²) in [6.07, 6.45) is 3.18. The van der Waals surface area contributed by atoms with Gasteiger partial charge in [-0.05, 0) is 49.6 Å². The van der Waals surface area contributed by atoms with Crippen LogP contribution in [0.4, 0.5) is 5.69 Å². The van der Waals surface area contributed by atoms with Crippen LogP contribution in [0.2, 0.25) is 0 Å². The molecular formula is C23H27N3O4. The molecule has 0 spiro atoms. The van der Waals surface area contributed by atoms with Crippen molar-refractivity contribution in [2.24, 2.45) is 0 Å². The van der Waals surface area contributed by atoms with Gasteiger partial charge in [-0.2, -0.15) is 0 Å². The minimum Gasteiger partial charge on any atom is -0.497 e. The fraction of sp³-hybridized carbons (Fsp3) is 0.391. The molecule has 2 aromatic rings. The van der Waals surface area contributed by atoms with Gasteiger partial charge in [-0.15, -0.1) is 0 Å². The minimum absolute atomic E-state index is 0.0581. The summed E-state index contributed by atoms with van der Waals surface area (Å²) in [6.45, 7) is 1.12. The summed E-state index contributed by atoms with van der Waals surface area (Å²) < 4.78 is 10.6. The van der Waals surface area contributed by atoms with E-state index in [0.29, 0.717) is 29.2 Å². The van der Waals surface area contributed by atoms with E-state index in [2.05, 4.69) is 10.2 Å². The Morgan fingerprint density at radius 2 is 1.97 bits per heavy atom. The summed E-state index contributed by atoms with van der Waals surface area (Å²) in [5, 5.41) is 2.94. The lowest BCUT2D eigenvalue weighted by atomic mass is 9.97. The van der Waals surface area contributed by atoms with Crippen molar-refractivity contribution in [2.75, 3.05) is 32.7 Å². The van der Waals surface area contributed by atoms with Crippen LogP contribution in [-0.2, 0) is 6.54 Å². The van der Waals surface area contributed by atoms with Crippen molar-refractivity contribution in [3.63, 3.8) is 0 Å². The molecule has 7 nitrogen and oxygen atoms in total. The van der Waals surface area contributed by atoms with Gasteiger partial charge in [0.05, 0.1) is 25.5 Å². The highest BCUT2D eigenvalue weighted by Gasteiger charge is 2.37. The van der Waals surface area contributed by atoms with Crippen molar-refractivity contribution in [1.82, 2.24) is 10.2 Å². The SMILES string of the molecule is COc1ccc(CNC(=O)c2ccc3c(c2)N(C)[C@H]2CCCCN2C3=O)c(OC)c1. The molecule has 2 heterocycles. The molecule has 0 saturated carbocycles. The largest absolute Gasteiger partial charge is 0.497 e. The first-order chi connectivity index (χ1) is 14.5. The minimum atomic E-state index is -0.192. The van der Waals surface area contributed by atoms with E-state index in [1.165, 1.54) is 0 Å². The first-order valence-electron chi connectivity index (χ1n) is 10.2. The average Bonchev–Trinajstić information content (AvgIpc) is 2.80. The van der Waals surface area contributed by atoms with Gasteiger partial charge in [-0.3, -0.25) is 9.59 Å². The summed E-state index contributed by atoms with van der Waals surface area (Å²) in [7, 11) is 5.18. The van der Waals surface area contributed by atoms with Gasteiger partial charge in [0.2, 0.25) is 0 Å². The number of methoxy groups -OCH3 is 2. The van der Waals surface area contributed by atoms with Crippen molar-refractivity contribution in [3.05, 3.63) is 53.1 Å². The van der Waals surface area contributed by atoms with Gasteiger partial charge in [0, 0.05) is 37.3 Å². The maximum atomic E-state index is 12.9. The van der Waals surface area contributed by atoms with E-state index in [1.807, 2.05) is 30.1 Å². The third-order valence-corrected chi connectivity index (χ3v) is 5.98. The molecule has 158 valence electrons. The Morgan fingerprint density at radius 1 is 1.13 bits per heavy atom. The molecule has 0 aliphatic carbocycles. The van der Waals surface area contributed by atoms with Crippen LogP contribution in [0.1, 0.15) is 45.5 Å². The number of nitrogens with zero attached hydrogens (tertiary/aromatic N) is 2. The van der Waals surface area contributed by atoms with Crippen LogP contribution in [-0.4, -0.2) is 50.7 Å². The number of carbonyl (C=O) groups is 2. The van der Waals surface area contributed by atoms with E-state index < -0.39 is 0 Å². The maximum Gasteiger partial charge on any atom is 0.257 e. The molecule has 1 atom stereocenters. The number of anilines is 1. The Morgan fingerprint density at radius 3 is 2.73 bits per heavy atom. The van der Waals surface area contributed by atoms with E-state index in [4.69, 9.17) is 9.47 Å². The lowest BCUT2D eigenvalue weighted by molar-refractivity contribution is 0.0589. The fourth-order valence-corrected chi connectivity index (χ4v) is 4.29. The molecule has 0 bridgehead atoms. The van der Waals surface area contributed by atoms with E-state index in [0.717, 1.165) is 37.1 Å². The monoisotopic (exact) mass is 409 g/mol. The van der Waals surface area contributed by atoms with E-state index in [9.17, 15) is 9.59 Å². The average molecular weight is 409 g/mol. The molecule has 0 unspecified atom stereocenters. The zero-order chi connectivity index (χ0) is 21.3. The number of rotatable bonds is 5. The number of hydrogen-bond acceptors (Lipinski definition) is 5. The number of carbonyl (C=O) groups excluding carboxylic acids is 2. The van der Waals surface area contributed by atoms with Crippen LogP contribution in [0.15, 0.2) is 36.4 Å². The molecule has 30 heavy (non-hydrogen) atoms. The Kier molecular flexibility index (Phi) is 5.53. The van der Waals surface area contributed by atoms with Crippen molar-refractivity contribution in [3.8, 4) is 11.5 Å². The first kappa shape index (κ1) is 20.1. The number of hydrogen-bond donors (Lipinski definition) is 1. The number of ether oxygens (including phenoxy) is 2. The molecule has 1 saturated heterocycles. The zero-order valence-electron chi connectivity index (χ0n) is 17.6. The highest BCUT2D eigenvalue weighted by atomic mass is 16.5. The fourth-order valence-electron chi connectivity index (χ4n) is 4.29. The highest BCUT2D eigenvalue weighted by Crippen LogP contribution is 2.34. The third kappa shape index (κ3) is 3.56. The third-order valence-electron chi connectivity index (χ3n) is 5.98. The molecule has 1 N–H and O–H groups in total. The molecule has 2 aliphatic rings. The summed E-state index contributed by atoms with van der Waals surface area (Å²) in [5.41, 5.74) is 2.86.